The molecule has 4 aliphatic carbocycles. The first-order valence-corrected chi connectivity index (χ1v) is 11.6. The van der Waals surface area contributed by atoms with Crippen LogP contribution in [0.25, 0.3) is 0 Å². The molecule has 1 aromatic rings. The fraction of sp³-hybridized carbons (Fsp3) is 0.857. The lowest BCUT2D eigenvalue weighted by Crippen LogP contribution is -2.56. The van der Waals surface area contributed by atoms with E-state index < -0.39 is 31.0 Å². The quantitative estimate of drug-likeness (QED) is 0.524. The fourth-order valence-corrected chi connectivity index (χ4v) is 5.61. The summed E-state index contributed by atoms with van der Waals surface area (Å²) in [7, 11) is 0. The molecule has 0 unspecified atom stereocenters. The van der Waals surface area contributed by atoms with E-state index in [1.807, 2.05) is 0 Å². The number of halogens is 6. The standard InChI is InChI=1S/C21H25F6N3O5/c22-20(23,24)34-14-1-10(2-14)17-29-30-18(33-17)11-5-19(6-11)7-12(8-19)28-16(31)9-32-13-3-15(4-13)35-21(25,26)27/h10-15H,1-9H2,(H,28,31)/t10-,11?,12?,13-,14-,15+,19?. The van der Waals surface area contributed by atoms with Crippen molar-refractivity contribution in [3.05, 3.63) is 11.8 Å². The minimum Gasteiger partial charge on any atom is -0.425 e. The average Bonchev–Trinajstić information content (AvgIpc) is 3.07. The van der Waals surface area contributed by atoms with Crippen LogP contribution in [0.15, 0.2) is 4.42 Å². The molecule has 5 rings (SSSR count). The molecule has 4 aliphatic rings. The van der Waals surface area contributed by atoms with Gasteiger partial charge in [-0.05, 0) is 43.9 Å². The first-order chi connectivity index (χ1) is 16.3. The Bertz CT molecular complexity index is 911. The SMILES string of the molecule is O=C(CO[C@H]1C[C@@H](OC(F)(F)F)C1)NC1CC2(C1)CC(c1nnc([C@H]3C[C@H](OC(F)(F)F)C3)o1)C2. The number of hydrogen-bond donors (Lipinski definition) is 1. The van der Waals surface area contributed by atoms with Crippen LogP contribution in [0, 0.1) is 5.41 Å². The van der Waals surface area contributed by atoms with E-state index in [4.69, 9.17) is 9.15 Å². The maximum absolute atomic E-state index is 12.2. The Morgan fingerprint density at radius 2 is 1.40 bits per heavy atom. The van der Waals surface area contributed by atoms with Crippen LogP contribution in [0.1, 0.15) is 75.0 Å². The molecule has 1 heterocycles. The molecular weight excluding hydrogens is 488 g/mol. The van der Waals surface area contributed by atoms with Crippen LogP contribution < -0.4 is 5.32 Å². The second kappa shape index (κ2) is 8.87. The van der Waals surface area contributed by atoms with Crippen molar-refractivity contribution in [1.82, 2.24) is 15.5 Å². The number of aromatic nitrogens is 2. The van der Waals surface area contributed by atoms with Gasteiger partial charge in [0, 0.05) is 30.7 Å². The van der Waals surface area contributed by atoms with E-state index in [-0.39, 0.29) is 61.5 Å². The number of carbonyl (C=O) groups excluding carboxylic acids is 1. The number of carbonyl (C=O) groups is 1. The smallest absolute Gasteiger partial charge is 0.425 e. The van der Waals surface area contributed by atoms with Gasteiger partial charge in [0.05, 0.1) is 18.3 Å². The van der Waals surface area contributed by atoms with Gasteiger partial charge in [-0.25, -0.2) is 0 Å². The van der Waals surface area contributed by atoms with E-state index in [0.29, 0.717) is 11.8 Å². The Labute approximate surface area is 196 Å². The van der Waals surface area contributed by atoms with E-state index in [2.05, 4.69) is 25.0 Å². The van der Waals surface area contributed by atoms with Crippen molar-refractivity contribution in [2.45, 2.75) is 100 Å². The molecule has 0 saturated heterocycles. The summed E-state index contributed by atoms with van der Waals surface area (Å²) in [5.41, 5.74) is 0.107. The molecule has 0 radical (unpaired) electrons. The average molecular weight is 513 g/mol. The molecule has 4 saturated carbocycles. The van der Waals surface area contributed by atoms with Crippen molar-refractivity contribution < 1.29 is 49.8 Å². The molecule has 0 aromatic carbocycles. The second-order valence-corrected chi connectivity index (χ2v) is 10.2. The van der Waals surface area contributed by atoms with Crippen LogP contribution in [0.5, 0.6) is 0 Å². The second-order valence-electron chi connectivity index (χ2n) is 10.2. The summed E-state index contributed by atoms with van der Waals surface area (Å²) in [5, 5.41) is 11.0. The fourth-order valence-electron chi connectivity index (χ4n) is 5.61. The molecule has 0 atom stereocenters. The highest BCUT2D eigenvalue weighted by Crippen LogP contribution is 2.61. The van der Waals surface area contributed by atoms with Crippen LogP contribution in [0.3, 0.4) is 0 Å². The first-order valence-electron chi connectivity index (χ1n) is 11.6. The molecule has 1 amide bonds. The third kappa shape index (κ3) is 5.91. The monoisotopic (exact) mass is 513 g/mol. The zero-order valence-corrected chi connectivity index (χ0v) is 18.5. The molecular formula is C21H25F6N3O5. The largest absolute Gasteiger partial charge is 0.522 e. The van der Waals surface area contributed by atoms with Crippen molar-refractivity contribution >= 4 is 5.91 Å². The zero-order chi connectivity index (χ0) is 25.0. The number of ether oxygens (including phenoxy) is 3. The molecule has 35 heavy (non-hydrogen) atoms. The Morgan fingerprint density at radius 3 is 1.97 bits per heavy atom. The van der Waals surface area contributed by atoms with Crippen molar-refractivity contribution in [1.29, 1.82) is 0 Å². The molecule has 1 aromatic heterocycles. The van der Waals surface area contributed by atoms with Crippen LogP contribution >= 0.6 is 0 Å². The number of nitrogens with zero attached hydrogens (tertiary/aromatic N) is 2. The van der Waals surface area contributed by atoms with Gasteiger partial charge in [-0.1, -0.05) is 0 Å². The van der Waals surface area contributed by atoms with Gasteiger partial charge >= 0.3 is 12.7 Å². The number of rotatable bonds is 8. The van der Waals surface area contributed by atoms with E-state index in [9.17, 15) is 31.1 Å². The van der Waals surface area contributed by atoms with Crippen molar-refractivity contribution in [3.8, 4) is 0 Å². The summed E-state index contributed by atoms with van der Waals surface area (Å²) in [6.07, 6.45) is -7.58. The summed E-state index contributed by atoms with van der Waals surface area (Å²) in [4.78, 5) is 12.1. The van der Waals surface area contributed by atoms with Gasteiger partial charge in [0.1, 0.15) is 6.61 Å². The summed E-state index contributed by atoms with van der Waals surface area (Å²) in [5.74, 6) is 0.440. The van der Waals surface area contributed by atoms with Gasteiger partial charge in [0.25, 0.3) is 0 Å². The number of alkyl halides is 6. The predicted molar refractivity (Wildman–Crippen MR) is 103 cm³/mol. The van der Waals surface area contributed by atoms with E-state index in [0.717, 1.165) is 25.7 Å². The first kappa shape index (κ1) is 24.8. The van der Waals surface area contributed by atoms with E-state index >= 15 is 0 Å². The maximum atomic E-state index is 12.2. The van der Waals surface area contributed by atoms with E-state index in [1.165, 1.54) is 0 Å². The van der Waals surface area contributed by atoms with Gasteiger partial charge in [0.2, 0.25) is 17.7 Å². The Balaban J connectivity index is 0.955. The molecule has 1 N–H and O–H groups in total. The van der Waals surface area contributed by atoms with Crippen molar-refractivity contribution in [2.75, 3.05) is 6.61 Å². The number of amides is 1. The molecule has 4 fully saturated rings. The summed E-state index contributed by atoms with van der Waals surface area (Å²) in [6, 6.07) is 0.0218. The Kier molecular flexibility index (Phi) is 6.27. The summed E-state index contributed by atoms with van der Waals surface area (Å²) in [6.45, 7) is -0.198. The zero-order valence-electron chi connectivity index (χ0n) is 18.5. The van der Waals surface area contributed by atoms with Gasteiger partial charge in [0.15, 0.2) is 0 Å². The third-order valence-electron chi connectivity index (χ3n) is 7.43. The lowest BCUT2D eigenvalue weighted by Gasteiger charge is -2.57. The molecule has 14 heteroatoms. The highest BCUT2D eigenvalue weighted by atomic mass is 19.4. The normalized spacial score (nSPS) is 36.6. The molecule has 8 nitrogen and oxygen atoms in total. The highest BCUT2D eigenvalue weighted by Gasteiger charge is 2.55. The van der Waals surface area contributed by atoms with Gasteiger partial charge in [-0.3, -0.25) is 14.3 Å². The predicted octanol–water partition coefficient (Wildman–Crippen LogP) is 4.08. The number of nitrogens with one attached hydrogen (secondary N) is 1. The number of hydrogen-bond acceptors (Lipinski definition) is 7. The topological polar surface area (TPSA) is 95.7 Å². The summed E-state index contributed by atoms with van der Waals surface area (Å²) < 4.78 is 92.0. The van der Waals surface area contributed by atoms with Gasteiger partial charge in [-0.2, -0.15) is 0 Å². The highest BCUT2D eigenvalue weighted by molar-refractivity contribution is 5.77. The van der Waals surface area contributed by atoms with Crippen LogP contribution in [0.2, 0.25) is 0 Å². The third-order valence-corrected chi connectivity index (χ3v) is 7.43. The van der Waals surface area contributed by atoms with Crippen LogP contribution in [-0.2, 0) is 19.0 Å². The van der Waals surface area contributed by atoms with Gasteiger partial charge in [-0.15, -0.1) is 36.5 Å². The lowest BCUT2D eigenvalue weighted by atomic mass is 9.50. The molecule has 1 spiro atoms. The van der Waals surface area contributed by atoms with Crippen molar-refractivity contribution in [3.63, 3.8) is 0 Å². The summed E-state index contributed by atoms with van der Waals surface area (Å²) >= 11 is 0. The maximum Gasteiger partial charge on any atom is 0.522 e. The van der Waals surface area contributed by atoms with Crippen LogP contribution in [0.4, 0.5) is 26.3 Å². The lowest BCUT2D eigenvalue weighted by molar-refractivity contribution is -0.357. The Morgan fingerprint density at radius 1 is 0.857 bits per heavy atom. The molecule has 0 bridgehead atoms. The minimum absolute atomic E-state index is 0.0218. The Hall–Kier alpha value is -1.93. The molecule has 0 aliphatic heterocycles. The molecule has 196 valence electrons. The minimum atomic E-state index is -4.66. The van der Waals surface area contributed by atoms with Crippen LogP contribution in [-0.4, -0.2) is 59.8 Å². The van der Waals surface area contributed by atoms with E-state index in [1.54, 1.807) is 0 Å². The van der Waals surface area contributed by atoms with Crippen molar-refractivity contribution in [2.24, 2.45) is 5.41 Å². The van der Waals surface area contributed by atoms with Gasteiger partial charge < -0.3 is 14.5 Å².